The molecule has 1 aromatic heterocycles. The van der Waals surface area contributed by atoms with Gasteiger partial charge in [0.1, 0.15) is 16.1 Å². The molecule has 0 aliphatic heterocycles. The molecule has 0 atom stereocenters. The third kappa shape index (κ3) is 3.95. The van der Waals surface area contributed by atoms with Crippen LogP contribution in [0, 0.1) is 5.82 Å². The number of hydrogen-bond acceptors (Lipinski definition) is 3. The number of nitrogens with one attached hydrogen (secondary N) is 1. The summed E-state index contributed by atoms with van der Waals surface area (Å²) in [5.41, 5.74) is 0.249. The number of benzene rings is 1. The summed E-state index contributed by atoms with van der Waals surface area (Å²) in [5, 5.41) is 0. The standard InChI is InChI=1S/C15H16BrFN2OS/c1-15(2,3)13-12(16)14(20)19-11(18-13)8-21-10-7-5-4-6-9(10)17/h4-7H,8H2,1-3H3,(H,18,19,20). The first-order chi connectivity index (χ1) is 9.79. The van der Waals surface area contributed by atoms with Crippen LogP contribution in [0.3, 0.4) is 0 Å². The number of thioether (sulfide) groups is 1. The van der Waals surface area contributed by atoms with E-state index in [1.807, 2.05) is 20.8 Å². The maximum Gasteiger partial charge on any atom is 0.265 e. The van der Waals surface area contributed by atoms with Crippen LogP contribution in [-0.4, -0.2) is 9.97 Å². The average molecular weight is 371 g/mol. The summed E-state index contributed by atoms with van der Waals surface area (Å²) in [7, 11) is 0. The van der Waals surface area contributed by atoms with Gasteiger partial charge in [0.25, 0.3) is 5.56 Å². The lowest BCUT2D eigenvalue weighted by Crippen LogP contribution is -2.23. The van der Waals surface area contributed by atoms with Crippen molar-refractivity contribution in [1.82, 2.24) is 9.97 Å². The van der Waals surface area contributed by atoms with Gasteiger partial charge < -0.3 is 4.98 Å². The molecule has 21 heavy (non-hydrogen) atoms. The summed E-state index contributed by atoms with van der Waals surface area (Å²) < 4.78 is 14.0. The molecule has 0 bridgehead atoms. The fourth-order valence-electron chi connectivity index (χ4n) is 1.78. The Morgan fingerprint density at radius 2 is 2.00 bits per heavy atom. The molecule has 1 N–H and O–H groups in total. The zero-order valence-corrected chi connectivity index (χ0v) is 14.4. The second-order valence-corrected chi connectivity index (χ2v) is 7.45. The van der Waals surface area contributed by atoms with Crippen LogP contribution in [0.5, 0.6) is 0 Å². The molecule has 0 fully saturated rings. The van der Waals surface area contributed by atoms with Crippen molar-refractivity contribution in [3.8, 4) is 0 Å². The molecule has 1 heterocycles. The molecule has 3 nitrogen and oxygen atoms in total. The molecule has 0 unspecified atom stereocenters. The second kappa shape index (κ2) is 6.32. The normalized spacial score (nSPS) is 11.7. The highest BCUT2D eigenvalue weighted by Gasteiger charge is 2.22. The van der Waals surface area contributed by atoms with Gasteiger partial charge in [-0.1, -0.05) is 32.9 Å². The molecule has 0 amide bonds. The zero-order valence-electron chi connectivity index (χ0n) is 12.0. The van der Waals surface area contributed by atoms with Crippen LogP contribution < -0.4 is 5.56 Å². The highest BCUT2D eigenvalue weighted by atomic mass is 79.9. The maximum absolute atomic E-state index is 13.6. The van der Waals surface area contributed by atoms with Crippen molar-refractivity contribution in [2.75, 3.05) is 0 Å². The minimum atomic E-state index is -0.266. The molecular formula is C15H16BrFN2OS. The summed E-state index contributed by atoms with van der Waals surface area (Å²) in [6.07, 6.45) is 0. The minimum Gasteiger partial charge on any atom is -0.309 e. The second-order valence-electron chi connectivity index (χ2n) is 5.64. The van der Waals surface area contributed by atoms with E-state index in [9.17, 15) is 9.18 Å². The summed E-state index contributed by atoms with van der Waals surface area (Å²) >= 11 is 4.60. The molecular weight excluding hydrogens is 355 g/mol. The molecule has 0 radical (unpaired) electrons. The topological polar surface area (TPSA) is 45.8 Å². The van der Waals surface area contributed by atoms with Gasteiger partial charge in [0.15, 0.2) is 0 Å². The Kier molecular flexibility index (Phi) is 4.88. The third-order valence-corrected chi connectivity index (χ3v) is 4.62. The van der Waals surface area contributed by atoms with E-state index >= 15 is 0 Å². The van der Waals surface area contributed by atoms with Crippen LogP contribution in [0.4, 0.5) is 4.39 Å². The van der Waals surface area contributed by atoms with Crippen molar-refractivity contribution >= 4 is 27.7 Å². The first-order valence-electron chi connectivity index (χ1n) is 6.45. The predicted octanol–water partition coefficient (Wildman–Crippen LogP) is 4.26. The molecule has 1 aromatic carbocycles. The van der Waals surface area contributed by atoms with Crippen molar-refractivity contribution in [2.45, 2.75) is 36.8 Å². The Hall–Kier alpha value is -1.14. The highest BCUT2D eigenvalue weighted by molar-refractivity contribution is 9.10. The van der Waals surface area contributed by atoms with Gasteiger partial charge in [-0.3, -0.25) is 4.79 Å². The molecule has 0 aliphatic rings. The van der Waals surface area contributed by atoms with Gasteiger partial charge in [0, 0.05) is 10.3 Å². The van der Waals surface area contributed by atoms with Crippen molar-refractivity contribution < 1.29 is 4.39 Å². The number of nitrogens with zero attached hydrogens (tertiary/aromatic N) is 1. The maximum atomic E-state index is 13.6. The molecule has 112 valence electrons. The summed E-state index contributed by atoms with van der Waals surface area (Å²) in [6, 6.07) is 6.56. The van der Waals surface area contributed by atoms with Gasteiger partial charge in [-0.05, 0) is 28.1 Å². The zero-order chi connectivity index (χ0) is 15.6. The number of H-pyrrole nitrogens is 1. The Morgan fingerprint density at radius 3 is 2.62 bits per heavy atom. The van der Waals surface area contributed by atoms with E-state index < -0.39 is 0 Å². The van der Waals surface area contributed by atoms with E-state index in [0.29, 0.717) is 26.6 Å². The minimum absolute atomic E-state index is 0.209. The van der Waals surface area contributed by atoms with E-state index in [2.05, 4.69) is 25.9 Å². The Balaban J connectivity index is 2.28. The van der Waals surface area contributed by atoms with Crippen molar-refractivity contribution in [3.63, 3.8) is 0 Å². The van der Waals surface area contributed by atoms with E-state index in [-0.39, 0.29) is 16.8 Å². The van der Waals surface area contributed by atoms with Crippen LogP contribution in [0.15, 0.2) is 38.4 Å². The first kappa shape index (κ1) is 16.2. The van der Waals surface area contributed by atoms with Gasteiger partial charge >= 0.3 is 0 Å². The molecule has 0 aliphatic carbocycles. The molecule has 2 rings (SSSR count). The highest BCUT2D eigenvalue weighted by Crippen LogP contribution is 2.27. The lowest BCUT2D eigenvalue weighted by molar-refractivity contribution is 0.558. The average Bonchev–Trinajstić information content (AvgIpc) is 2.40. The molecule has 2 aromatic rings. The first-order valence-corrected chi connectivity index (χ1v) is 8.23. The number of rotatable bonds is 3. The van der Waals surface area contributed by atoms with E-state index in [1.165, 1.54) is 17.8 Å². The number of hydrogen-bond donors (Lipinski definition) is 1. The number of aromatic nitrogens is 2. The third-order valence-electron chi connectivity index (χ3n) is 2.82. The predicted molar refractivity (Wildman–Crippen MR) is 87.2 cm³/mol. The molecule has 0 spiro atoms. The lowest BCUT2D eigenvalue weighted by atomic mass is 9.92. The van der Waals surface area contributed by atoms with Gasteiger partial charge in [-0.25, -0.2) is 9.37 Å². The SMILES string of the molecule is CC(C)(C)c1nc(CSc2ccccc2F)[nH]c(=O)c1Br. The van der Waals surface area contributed by atoms with Crippen molar-refractivity contribution in [1.29, 1.82) is 0 Å². The fraction of sp³-hybridized carbons (Fsp3) is 0.333. The van der Waals surface area contributed by atoms with Crippen LogP contribution in [0.1, 0.15) is 32.3 Å². The number of halogens is 2. The molecule has 0 saturated heterocycles. The molecule has 6 heteroatoms. The largest absolute Gasteiger partial charge is 0.309 e. The van der Waals surface area contributed by atoms with Crippen LogP contribution >= 0.6 is 27.7 Å². The van der Waals surface area contributed by atoms with Gasteiger partial charge in [0.05, 0.1) is 11.4 Å². The van der Waals surface area contributed by atoms with E-state index in [1.54, 1.807) is 18.2 Å². The van der Waals surface area contributed by atoms with Crippen molar-refractivity contribution in [3.05, 3.63) is 56.4 Å². The van der Waals surface area contributed by atoms with Gasteiger partial charge in [-0.2, -0.15) is 0 Å². The Labute approximate surface area is 135 Å². The Morgan fingerprint density at radius 1 is 1.33 bits per heavy atom. The summed E-state index contributed by atoms with van der Waals surface area (Å²) in [5.74, 6) is 0.686. The monoisotopic (exact) mass is 370 g/mol. The van der Waals surface area contributed by atoms with Crippen molar-refractivity contribution in [2.24, 2.45) is 0 Å². The van der Waals surface area contributed by atoms with Gasteiger partial charge in [0.2, 0.25) is 0 Å². The Bertz CT molecular complexity index is 710. The summed E-state index contributed by atoms with van der Waals surface area (Å²) in [6.45, 7) is 5.98. The quantitative estimate of drug-likeness (QED) is 0.820. The number of aromatic amines is 1. The van der Waals surface area contributed by atoms with Crippen LogP contribution in [-0.2, 0) is 11.2 Å². The van der Waals surface area contributed by atoms with E-state index in [0.717, 1.165) is 0 Å². The lowest BCUT2D eigenvalue weighted by Gasteiger charge is -2.19. The summed E-state index contributed by atoms with van der Waals surface area (Å²) in [4.78, 5) is 19.7. The van der Waals surface area contributed by atoms with Crippen LogP contribution in [0.2, 0.25) is 0 Å². The van der Waals surface area contributed by atoms with Crippen LogP contribution in [0.25, 0.3) is 0 Å². The smallest absolute Gasteiger partial charge is 0.265 e. The molecule has 0 saturated carbocycles. The fourth-order valence-corrected chi connectivity index (χ4v) is 3.37. The van der Waals surface area contributed by atoms with E-state index in [4.69, 9.17) is 0 Å². The van der Waals surface area contributed by atoms with Gasteiger partial charge in [-0.15, -0.1) is 11.8 Å².